The third-order valence-electron chi connectivity index (χ3n) is 4.41. The summed E-state index contributed by atoms with van der Waals surface area (Å²) in [5.41, 5.74) is 2.20. The zero-order valence-corrected chi connectivity index (χ0v) is 17.6. The van der Waals surface area contributed by atoms with Gasteiger partial charge in [-0.25, -0.2) is 9.96 Å². The maximum atomic E-state index is 12.6. The van der Waals surface area contributed by atoms with Crippen molar-refractivity contribution >= 4 is 40.7 Å². The Balaban J connectivity index is 2.27. The lowest BCUT2D eigenvalue weighted by Crippen LogP contribution is -2.41. The Labute approximate surface area is 170 Å². The molecule has 0 aromatic heterocycles. The van der Waals surface area contributed by atoms with E-state index in [1.54, 1.807) is 32.0 Å². The maximum Gasteiger partial charge on any atom is 0.268 e. The molecule has 1 aliphatic rings. The largest absolute Gasteiger partial charge is 0.373 e. The molecule has 0 spiro atoms. The van der Waals surface area contributed by atoms with Gasteiger partial charge in [0.1, 0.15) is 6.04 Å². The molecule has 1 saturated heterocycles. The Morgan fingerprint density at radius 2 is 2.00 bits per heavy atom. The van der Waals surface area contributed by atoms with Gasteiger partial charge < -0.3 is 5.32 Å². The van der Waals surface area contributed by atoms with Crippen molar-refractivity contribution in [3.8, 4) is 0 Å². The summed E-state index contributed by atoms with van der Waals surface area (Å²) in [7, 11) is 0. The zero-order chi connectivity index (χ0) is 21.0. The number of hydrogen-bond acceptors (Lipinski definition) is 5. The molecule has 0 bridgehead atoms. The first-order valence-corrected chi connectivity index (χ1v) is 9.63. The number of rotatable bonds is 7. The number of nitrogens with zero attached hydrogens (tertiary/aromatic N) is 2. The molecule has 1 unspecified atom stereocenters. The number of carbonyl (C=O) groups excluding carboxylic acids is 3. The Hall–Kier alpha value is -2.38. The molecule has 1 heterocycles. The number of amides is 3. The summed E-state index contributed by atoms with van der Waals surface area (Å²) in [4.78, 5) is 43.9. The highest BCUT2D eigenvalue weighted by molar-refractivity contribution is 6.34. The van der Waals surface area contributed by atoms with Crippen LogP contribution in [0, 0.1) is 0 Å². The second-order valence-electron chi connectivity index (χ2n) is 6.67. The average molecular weight is 408 g/mol. The van der Waals surface area contributed by atoms with Crippen LogP contribution in [0.1, 0.15) is 41.0 Å². The lowest BCUT2D eigenvalue weighted by Gasteiger charge is -2.25. The molecule has 0 saturated carbocycles. The minimum atomic E-state index is -0.613. The van der Waals surface area contributed by atoms with E-state index in [4.69, 9.17) is 16.4 Å². The summed E-state index contributed by atoms with van der Waals surface area (Å²) in [6.07, 6.45) is 0.0846. The van der Waals surface area contributed by atoms with Crippen LogP contribution in [0.3, 0.4) is 0 Å². The van der Waals surface area contributed by atoms with Crippen molar-refractivity contribution in [2.45, 2.75) is 47.1 Å². The van der Waals surface area contributed by atoms with Crippen LogP contribution >= 0.6 is 11.6 Å². The highest BCUT2D eigenvalue weighted by Gasteiger charge is 2.36. The molecule has 7 nitrogen and oxygen atoms in total. The molecule has 1 aromatic carbocycles. The first-order valence-electron chi connectivity index (χ1n) is 9.25. The molecular formula is C20H26ClN3O4. The summed E-state index contributed by atoms with van der Waals surface area (Å²) in [5, 5.41) is 4.71. The van der Waals surface area contributed by atoms with Crippen molar-refractivity contribution in [1.29, 1.82) is 0 Å². The number of hydroxylamine groups is 2. The van der Waals surface area contributed by atoms with E-state index >= 15 is 0 Å². The van der Waals surface area contributed by atoms with E-state index in [2.05, 4.69) is 5.32 Å². The van der Waals surface area contributed by atoms with Crippen LogP contribution in [0.15, 0.2) is 29.3 Å². The molecule has 0 radical (unpaired) electrons. The van der Waals surface area contributed by atoms with Gasteiger partial charge in [-0.1, -0.05) is 17.2 Å². The lowest BCUT2D eigenvalue weighted by molar-refractivity contribution is -0.184. The molecule has 1 aromatic rings. The fourth-order valence-electron chi connectivity index (χ4n) is 2.95. The number of nitrogens with one attached hydrogen (secondary N) is 1. The standard InChI is InChI=1S/C20H26ClN3O4/c1-6-23(28-7-2)19(26)13(5)22-17-10-14(8-9-16(17)21)24-18(25)11-15(12(3)4)20(24)27/h8-10,13,22H,6-7,11H2,1-5H3. The number of imide groups is 1. The first kappa shape index (κ1) is 21.9. The Kier molecular flexibility index (Phi) is 7.21. The molecule has 152 valence electrons. The van der Waals surface area contributed by atoms with Crippen LogP contribution in [0.4, 0.5) is 11.4 Å². The summed E-state index contributed by atoms with van der Waals surface area (Å²) in [6, 6.07) is 4.20. The van der Waals surface area contributed by atoms with E-state index in [1.807, 2.05) is 20.8 Å². The quantitative estimate of drug-likeness (QED) is 0.425. The molecule has 2 rings (SSSR count). The number of anilines is 2. The van der Waals surface area contributed by atoms with E-state index in [-0.39, 0.29) is 24.1 Å². The fraction of sp³-hybridized carbons (Fsp3) is 0.450. The molecule has 3 amide bonds. The van der Waals surface area contributed by atoms with Crippen molar-refractivity contribution in [2.75, 3.05) is 23.4 Å². The molecule has 1 fully saturated rings. The van der Waals surface area contributed by atoms with Gasteiger partial charge in [0.2, 0.25) is 5.91 Å². The van der Waals surface area contributed by atoms with Gasteiger partial charge in [0.05, 0.1) is 29.4 Å². The molecule has 1 N–H and O–H groups in total. The number of likely N-dealkylation sites (N-methyl/N-ethyl adjacent to an activating group) is 1. The van der Waals surface area contributed by atoms with Gasteiger partial charge in [0, 0.05) is 12.1 Å². The topological polar surface area (TPSA) is 79.0 Å². The molecule has 1 atom stereocenters. The Morgan fingerprint density at radius 1 is 1.32 bits per heavy atom. The van der Waals surface area contributed by atoms with Crippen molar-refractivity contribution in [1.82, 2.24) is 5.06 Å². The van der Waals surface area contributed by atoms with Gasteiger partial charge in [0.25, 0.3) is 11.8 Å². The van der Waals surface area contributed by atoms with Crippen LogP contribution in [0.2, 0.25) is 5.02 Å². The number of hydrogen-bond donors (Lipinski definition) is 1. The van der Waals surface area contributed by atoms with Crippen LogP contribution in [-0.2, 0) is 19.2 Å². The van der Waals surface area contributed by atoms with Crippen molar-refractivity contribution in [3.05, 3.63) is 34.4 Å². The fourth-order valence-corrected chi connectivity index (χ4v) is 3.12. The number of halogens is 1. The summed E-state index contributed by atoms with van der Waals surface area (Å²) < 4.78 is 0. The maximum absolute atomic E-state index is 12.6. The van der Waals surface area contributed by atoms with Crippen LogP contribution in [0.5, 0.6) is 0 Å². The minimum absolute atomic E-state index is 0.0846. The third kappa shape index (κ3) is 4.54. The highest BCUT2D eigenvalue weighted by atomic mass is 35.5. The summed E-state index contributed by atoms with van der Waals surface area (Å²) in [5.74, 6) is -0.853. The predicted octanol–water partition coefficient (Wildman–Crippen LogP) is 3.54. The predicted molar refractivity (Wildman–Crippen MR) is 109 cm³/mol. The van der Waals surface area contributed by atoms with E-state index in [1.165, 1.54) is 5.06 Å². The normalized spacial score (nSPS) is 15.1. The molecule has 8 heteroatoms. The van der Waals surface area contributed by atoms with E-state index in [9.17, 15) is 14.4 Å². The van der Waals surface area contributed by atoms with Crippen molar-refractivity contribution in [2.24, 2.45) is 0 Å². The zero-order valence-electron chi connectivity index (χ0n) is 16.8. The number of benzene rings is 1. The van der Waals surface area contributed by atoms with Crippen molar-refractivity contribution < 1.29 is 19.2 Å². The highest BCUT2D eigenvalue weighted by Crippen LogP contribution is 2.33. The van der Waals surface area contributed by atoms with E-state index in [0.717, 1.165) is 10.5 Å². The van der Waals surface area contributed by atoms with Crippen molar-refractivity contribution in [3.63, 3.8) is 0 Å². The third-order valence-corrected chi connectivity index (χ3v) is 4.74. The second-order valence-corrected chi connectivity index (χ2v) is 7.08. The first-order chi connectivity index (χ1) is 13.2. The monoisotopic (exact) mass is 407 g/mol. The number of allylic oxidation sites excluding steroid dienone is 1. The smallest absolute Gasteiger partial charge is 0.268 e. The van der Waals surface area contributed by atoms with Gasteiger partial charge in [0.15, 0.2) is 0 Å². The molecular weight excluding hydrogens is 382 g/mol. The lowest BCUT2D eigenvalue weighted by atomic mass is 10.1. The summed E-state index contributed by atoms with van der Waals surface area (Å²) in [6.45, 7) is 9.73. The van der Waals surface area contributed by atoms with Crippen LogP contribution in [-0.4, -0.2) is 42.0 Å². The van der Waals surface area contributed by atoms with Gasteiger partial charge >= 0.3 is 0 Å². The molecule has 28 heavy (non-hydrogen) atoms. The van der Waals surface area contributed by atoms with Gasteiger partial charge in [-0.15, -0.1) is 0 Å². The Bertz CT molecular complexity index is 818. The second kappa shape index (κ2) is 9.21. The number of carbonyl (C=O) groups is 3. The Morgan fingerprint density at radius 3 is 2.54 bits per heavy atom. The SMILES string of the molecule is CCON(CC)C(=O)C(C)Nc1cc(N2C(=O)CC(=C(C)C)C2=O)ccc1Cl. The minimum Gasteiger partial charge on any atom is -0.373 e. The molecule has 1 aliphatic heterocycles. The van der Waals surface area contributed by atoms with Crippen LogP contribution < -0.4 is 10.2 Å². The van der Waals surface area contributed by atoms with E-state index in [0.29, 0.717) is 35.1 Å². The van der Waals surface area contributed by atoms with Gasteiger partial charge in [-0.05, 0) is 52.8 Å². The van der Waals surface area contributed by atoms with E-state index < -0.39 is 6.04 Å². The average Bonchev–Trinajstić information content (AvgIpc) is 2.95. The summed E-state index contributed by atoms with van der Waals surface area (Å²) >= 11 is 6.26. The van der Waals surface area contributed by atoms with Gasteiger partial charge in [-0.3, -0.25) is 19.2 Å². The molecule has 0 aliphatic carbocycles. The van der Waals surface area contributed by atoms with Gasteiger partial charge in [-0.2, -0.15) is 0 Å². The van der Waals surface area contributed by atoms with Crippen LogP contribution in [0.25, 0.3) is 0 Å².